The molecule has 0 radical (unpaired) electrons. The van der Waals surface area contributed by atoms with E-state index in [0.717, 1.165) is 24.8 Å². The number of benzene rings is 1. The molecule has 1 aromatic rings. The maximum Gasteiger partial charge on any atom is 0.282 e. The highest BCUT2D eigenvalue weighted by Gasteiger charge is 2.32. The molecule has 1 heterocycles. The first kappa shape index (κ1) is 23.2. The Bertz CT molecular complexity index is 980. The van der Waals surface area contributed by atoms with E-state index in [4.69, 9.17) is 0 Å². The van der Waals surface area contributed by atoms with E-state index in [1.807, 2.05) is 6.07 Å². The molecule has 0 unspecified atom stereocenters. The van der Waals surface area contributed by atoms with Crippen LogP contribution in [0.15, 0.2) is 23.1 Å². The molecule has 0 aromatic heterocycles. The van der Waals surface area contributed by atoms with E-state index in [9.17, 15) is 21.6 Å². The number of piperazine rings is 1. The van der Waals surface area contributed by atoms with E-state index in [-0.39, 0.29) is 49.2 Å². The molecule has 1 aliphatic heterocycles. The molecule has 1 aliphatic carbocycles. The third-order valence-electron chi connectivity index (χ3n) is 5.96. The average Bonchev–Trinajstić information content (AvgIpc) is 3.21. The van der Waals surface area contributed by atoms with Crippen molar-refractivity contribution in [2.75, 3.05) is 45.0 Å². The SMILES string of the molecule is CCN(CC)S(=O)(=O)N1CCN(C(=O)CCS(=O)(=O)c2ccc3c(c2)CCC3)CC1. The fraction of sp³-hybridized carbons (Fsp3) is 0.650. The van der Waals surface area contributed by atoms with Gasteiger partial charge in [0.05, 0.1) is 10.6 Å². The molecule has 0 bridgehead atoms. The average molecular weight is 458 g/mol. The minimum absolute atomic E-state index is 0.0950. The van der Waals surface area contributed by atoms with Crippen molar-refractivity contribution in [3.8, 4) is 0 Å². The molecule has 0 spiro atoms. The number of fused-ring (bicyclic) bond motifs is 1. The van der Waals surface area contributed by atoms with Crippen molar-refractivity contribution in [3.05, 3.63) is 29.3 Å². The van der Waals surface area contributed by atoms with Crippen LogP contribution in [-0.4, -0.2) is 81.3 Å². The van der Waals surface area contributed by atoms with Gasteiger partial charge in [-0.25, -0.2) is 8.42 Å². The number of carbonyl (C=O) groups is 1. The van der Waals surface area contributed by atoms with E-state index in [1.165, 1.54) is 14.2 Å². The Morgan fingerprint density at radius 3 is 2.23 bits per heavy atom. The molecule has 1 aromatic carbocycles. The van der Waals surface area contributed by atoms with Crippen molar-refractivity contribution in [2.45, 2.75) is 44.4 Å². The monoisotopic (exact) mass is 457 g/mol. The minimum atomic E-state index is -3.53. The molecular weight excluding hydrogens is 426 g/mol. The van der Waals surface area contributed by atoms with Crippen LogP contribution in [0.1, 0.15) is 37.8 Å². The molecule has 3 rings (SSSR count). The number of amides is 1. The lowest BCUT2D eigenvalue weighted by atomic mass is 10.1. The predicted molar refractivity (Wildman–Crippen MR) is 115 cm³/mol. The van der Waals surface area contributed by atoms with Gasteiger partial charge >= 0.3 is 0 Å². The van der Waals surface area contributed by atoms with Crippen LogP contribution >= 0.6 is 0 Å². The Balaban J connectivity index is 1.55. The molecule has 8 nitrogen and oxygen atoms in total. The van der Waals surface area contributed by atoms with E-state index in [1.54, 1.807) is 30.9 Å². The lowest BCUT2D eigenvalue weighted by Gasteiger charge is -2.36. The fourth-order valence-electron chi connectivity index (χ4n) is 4.12. The maximum absolute atomic E-state index is 12.7. The molecule has 10 heteroatoms. The van der Waals surface area contributed by atoms with Gasteiger partial charge in [0.25, 0.3) is 10.2 Å². The molecule has 1 amide bonds. The zero-order chi connectivity index (χ0) is 21.9. The smallest absolute Gasteiger partial charge is 0.282 e. The molecular formula is C20H31N3O5S2. The first-order valence-corrected chi connectivity index (χ1v) is 13.6. The highest BCUT2D eigenvalue weighted by Crippen LogP contribution is 2.25. The van der Waals surface area contributed by atoms with Crippen LogP contribution in [0.25, 0.3) is 0 Å². The summed E-state index contributed by atoms with van der Waals surface area (Å²) in [5, 5.41) is 0. The van der Waals surface area contributed by atoms with Crippen LogP contribution in [0.4, 0.5) is 0 Å². The van der Waals surface area contributed by atoms with Crippen molar-refractivity contribution in [3.63, 3.8) is 0 Å². The van der Waals surface area contributed by atoms with Gasteiger partial charge in [-0.05, 0) is 42.5 Å². The Labute approximate surface area is 179 Å². The van der Waals surface area contributed by atoms with Gasteiger partial charge in [0.1, 0.15) is 0 Å². The van der Waals surface area contributed by atoms with Crippen molar-refractivity contribution < 1.29 is 21.6 Å². The summed E-state index contributed by atoms with van der Waals surface area (Å²) >= 11 is 0. The van der Waals surface area contributed by atoms with E-state index >= 15 is 0 Å². The van der Waals surface area contributed by atoms with Crippen molar-refractivity contribution >= 4 is 26.0 Å². The van der Waals surface area contributed by atoms with Gasteiger partial charge in [0.15, 0.2) is 9.84 Å². The van der Waals surface area contributed by atoms with Crippen molar-refractivity contribution in [1.29, 1.82) is 0 Å². The lowest BCUT2D eigenvalue weighted by Crippen LogP contribution is -2.54. The molecule has 0 atom stereocenters. The molecule has 168 valence electrons. The summed E-state index contributed by atoms with van der Waals surface area (Å²) in [6.45, 7) is 5.39. The Morgan fingerprint density at radius 2 is 1.60 bits per heavy atom. The first-order chi connectivity index (χ1) is 14.2. The highest BCUT2D eigenvalue weighted by atomic mass is 32.2. The number of rotatable bonds is 8. The third-order valence-corrected chi connectivity index (χ3v) is 9.86. The quantitative estimate of drug-likeness (QED) is 0.582. The summed E-state index contributed by atoms with van der Waals surface area (Å²) in [6.07, 6.45) is 2.85. The normalized spacial score (nSPS) is 18.0. The second-order valence-electron chi connectivity index (χ2n) is 7.72. The van der Waals surface area contributed by atoms with Gasteiger partial charge < -0.3 is 4.90 Å². The molecule has 1 fully saturated rings. The van der Waals surface area contributed by atoms with Crippen LogP contribution in [0.3, 0.4) is 0 Å². The summed E-state index contributed by atoms with van der Waals surface area (Å²) in [4.78, 5) is 14.4. The van der Waals surface area contributed by atoms with Gasteiger partial charge in [-0.1, -0.05) is 19.9 Å². The van der Waals surface area contributed by atoms with E-state index in [0.29, 0.717) is 13.1 Å². The zero-order valence-electron chi connectivity index (χ0n) is 17.7. The zero-order valence-corrected chi connectivity index (χ0v) is 19.3. The fourth-order valence-corrected chi connectivity index (χ4v) is 7.00. The standard InChI is InChI=1S/C20H31N3O5S2/c1-3-22(4-2)30(27,28)23-13-11-21(12-14-23)20(24)10-15-29(25,26)19-9-8-17-6-5-7-18(17)16-19/h8-9,16H,3-7,10-15H2,1-2H3. The van der Waals surface area contributed by atoms with E-state index < -0.39 is 20.0 Å². The number of carbonyl (C=O) groups excluding carboxylic acids is 1. The number of hydrogen-bond acceptors (Lipinski definition) is 5. The van der Waals surface area contributed by atoms with Crippen LogP contribution in [0, 0.1) is 0 Å². The van der Waals surface area contributed by atoms with Gasteiger partial charge in [0, 0.05) is 45.7 Å². The number of nitrogens with zero attached hydrogens (tertiary/aromatic N) is 3. The topological polar surface area (TPSA) is 95.1 Å². The maximum atomic E-state index is 12.7. The van der Waals surface area contributed by atoms with E-state index in [2.05, 4.69) is 0 Å². The Morgan fingerprint density at radius 1 is 0.967 bits per heavy atom. The first-order valence-electron chi connectivity index (χ1n) is 10.6. The van der Waals surface area contributed by atoms with Crippen LogP contribution in [0.2, 0.25) is 0 Å². The third kappa shape index (κ3) is 4.87. The van der Waals surface area contributed by atoms with Gasteiger partial charge in [-0.2, -0.15) is 17.0 Å². The summed E-state index contributed by atoms with van der Waals surface area (Å²) in [6, 6.07) is 5.27. The summed E-state index contributed by atoms with van der Waals surface area (Å²) < 4.78 is 53.3. The molecule has 1 saturated heterocycles. The van der Waals surface area contributed by atoms with Gasteiger partial charge in [0.2, 0.25) is 5.91 Å². The van der Waals surface area contributed by atoms with Gasteiger partial charge in [-0.15, -0.1) is 0 Å². The number of aryl methyl sites for hydroxylation is 2. The predicted octanol–water partition coefficient (Wildman–Crippen LogP) is 1.07. The Hall–Kier alpha value is -1.49. The molecule has 2 aliphatic rings. The second-order valence-corrected chi connectivity index (χ2v) is 11.8. The second kappa shape index (κ2) is 9.33. The Kier molecular flexibility index (Phi) is 7.21. The van der Waals surface area contributed by atoms with Crippen LogP contribution in [-0.2, 0) is 37.7 Å². The molecule has 30 heavy (non-hydrogen) atoms. The summed E-state index contributed by atoms with van der Waals surface area (Å²) in [5.74, 6) is -0.484. The van der Waals surface area contributed by atoms with Crippen molar-refractivity contribution in [2.24, 2.45) is 0 Å². The largest absolute Gasteiger partial charge is 0.340 e. The number of sulfone groups is 1. The number of hydrogen-bond donors (Lipinski definition) is 0. The van der Waals surface area contributed by atoms with Crippen LogP contribution in [0.5, 0.6) is 0 Å². The highest BCUT2D eigenvalue weighted by molar-refractivity contribution is 7.91. The molecule has 0 saturated carbocycles. The van der Waals surface area contributed by atoms with Gasteiger partial charge in [-0.3, -0.25) is 4.79 Å². The molecule has 0 N–H and O–H groups in total. The summed E-state index contributed by atoms with van der Waals surface area (Å²) in [5.41, 5.74) is 2.30. The van der Waals surface area contributed by atoms with Crippen molar-refractivity contribution in [1.82, 2.24) is 13.5 Å². The summed E-state index contributed by atoms with van der Waals surface area (Å²) in [7, 11) is -7.05. The lowest BCUT2D eigenvalue weighted by molar-refractivity contribution is -0.131. The van der Waals surface area contributed by atoms with Crippen LogP contribution < -0.4 is 0 Å². The minimum Gasteiger partial charge on any atom is -0.340 e.